The van der Waals surface area contributed by atoms with Gasteiger partial charge in [-0.3, -0.25) is 25.2 Å². The summed E-state index contributed by atoms with van der Waals surface area (Å²) in [5, 5.41) is 2.80. The van der Waals surface area contributed by atoms with E-state index in [4.69, 9.17) is 4.74 Å². The molecule has 0 heterocycles. The van der Waals surface area contributed by atoms with Crippen LogP contribution in [-0.2, 0) is 4.79 Å². The molecule has 0 saturated heterocycles. The lowest BCUT2D eigenvalue weighted by atomic mass is 10.1. The maximum atomic E-state index is 12.4. The van der Waals surface area contributed by atoms with Crippen molar-refractivity contribution in [2.75, 3.05) is 12.4 Å². The monoisotopic (exact) mass is 429 g/mol. The highest BCUT2D eigenvalue weighted by atomic mass is 16.5. The predicted octanol–water partition coefficient (Wildman–Crippen LogP) is 3.73. The van der Waals surface area contributed by atoms with Crippen molar-refractivity contribution in [2.45, 2.75) is 6.92 Å². The molecule has 0 saturated carbocycles. The number of ether oxygens (including phenoxy) is 1. The van der Waals surface area contributed by atoms with E-state index in [9.17, 15) is 14.4 Å². The first-order valence-corrected chi connectivity index (χ1v) is 9.86. The van der Waals surface area contributed by atoms with E-state index in [1.54, 1.807) is 73.8 Å². The van der Waals surface area contributed by atoms with Gasteiger partial charge in [0.25, 0.3) is 17.7 Å². The van der Waals surface area contributed by atoms with Gasteiger partial charge in [-0.05, 0) is 66.6 Å². The third-order valence-electron chi connectivity index (χ3n) is 4.64. The first-order chi connectivity index (χ1) is 15.5. The molecule has 0 spiro atoms. The molecule has 0 aliphatic heterocycles. The van der Waals surface area contributed by atoms with Crippen molar-refractivity contribution in [3.8, 4) is 5.75 Å². The fourth-order valence-corrected chi connectivity index (χ4v) is 2.85. The zero-order valence-corrected chi connectivity index (χ0v) is 17.7. The number of carbonyl (C=O) groups is 3. The molecule has 7 heteroatoms. The minimum absolute atomic E-state index is 0.226. The number of amides is 3. The standard InChI is InChI=1S/C25H23N3O4/c1-17-5-3-4-6-22(17)25(31)26-20-12-10-19(11-13-20)24(30)28-27-23(29)16-9-18-7-14-21(32-2)15-8-18/h3-16H,1-2H3,(H,26,31)(H,27,29)(H,28,30). The molecular formula is C25H23N3O4. The number of rotatable bonds is 6. The Labute approximate surface area is 186 Å². The van der Waals surface area contributed by atoms with Crippen molar-refractivity contribution >= 4 is 29.5 Å². The third kappa shape index (κ3) is 6.06. The Morgan fingerprint density at radius 1 is 0.812 bits per heavy atom. The van der Waals surface area contributed by atoms with Gasteiger partial charge in [-0.2, -0.15) is 0 Å². The minimum atomic E-state index is -0.479. The van der Waals surface area contributed by atoms with Gasteiger partial charge in [-0.1, -0.05) is 30.3 Å². The van der Waals surface area contributed by atoms with Gasteiger partial charge < -0.3 is 10.1 Å². The average molecular weight is 429 g/mol. The largest absolute Gasteiger partial charge is 0.497 e. The smallest absolute Gasteiger partial charge is 0.269 e. The molecule has 7 nitrogen and oxygen atoms in total. The molecule has 3 aromatic carbocycles. The van der Waals surface area contributed by atoms with Crippen LogP contribution in [0.15, 0.2) is 78.9 Å². The van der Waals surface area contributed by atoms with Crippen LogP contribution in [0.2, 0.25) is 0 Å². The predicted molar refractivity (Wildman–Crippen MR) is 123 cm³/mol. The molecule has 0 bridgehead atoms. The minimum Gasteiger partial charge on any atom is -0.497 e. The van der Waals surface area contributed by atoms with Crippen LogP contribution in [0, 0.1) is 6.92 Å². The van der Waals surface area contributed by atoms with E-state index < -0.39 is 11.8 Å². The summed E-state index contributed by atoms with van der Waals surface area (Å²) < 4.78 is 5.08. The molecule has 3 N–H and O–H groups in total. The van der Waals surface area contributed by atoms with Crippen molar-refractivity contribution in [1.29, 1.82) is 0 Å². The van der Waals surface area contributed by atoms with Crippen molar-refractivity contribution in [3.63, 3.8) is 0 Å². The molecular weight excluding hydrogens is 406 g/mol. The molecule has 0 unspecified atom stereocenters. The van der Waals surface area contributed by atoms with Gasteiger partial charge in [-0.15, -0.1) is 0 Å². The van der Waals surface area contributed by atoms with E-state index in [0.29, 0.717) is 16.8 Å². The SMILES string of the molecule is COc1ccc(C=CC(=O)NNC(=O)c2ccc(NC(=O)c3ccccc3C)cc2)cc1. The lowest BCUT2D eigenvalue weighted by molar-refractivity contribution is -0.117. The third-order valence-corrected chi connectivity index (χ3v) is 4.64. The summed E-state index contributed by atoms with van der Waals surface area (Å²) in [5.41, 5.74) is 7.84. The molecule has 3 rings (SSSR count). The van der Waals surface area contributed by atoms with E-state index in [2.05, 4.69) is 16.2 Å². The summed E-state index contributed by atoms with van der Waals surface area (Å²) in [5.74, 6) is -0.458. The quantitative estimate of drug-likeness (QED) is 0.411. The van der Waals surface area contributed by atoms with E-state index in [1.165, 1.54) is 6.08 Å². The summed E-state index contributed by atoms with van der Waals surface area (Å²) >= 11 is 0. The van der Waals surface area contributed by atoms with Crippen molar-refractivity contribution in [1.82, 2.24) is 10.9 Å². The first-order valence-electron chi connectivity index (χ1n) is 9.86. The highest BCUT2D eigenvalue weighted by molar-refractivity contribution is 6.05. The van der Waals surface area contributed by atoms with Crippen LogP contribution in [0.3, 0.4) is 0 Å². The Morgan fingerprint density at radius 2 is 1.50 bits per heavy atom. The fourth-order valence-electron chi connectivity index (χ4n) is 2.85. The molecule has 0 aromatic heterocycles. The molecule has 32 heavy (non-hydrogen) atoms. The highest BCUT2D eigenvalue weighted by Gasteiger charge is 2.10. The number of aryl methyl sites for hydroxylation is 1. The first kappa shape index (κ1) is 22.3. The summed E-state index contributed by atoms with van der Waals surface area (Å²) in [4.78, 5) is 36.5. The van der Waals surface area contributed by atoms with Crippen molar-refractivity contribution in [2.24, 2.45) is 0 Å². The zero-order valence-electron chi connectivity index (χ0n) is 17.7. The number of hydrogen-bond acceptors (Lipinski definition) is 4. The topological polar surface area (TPSA) is 96.5 Å². The fraction of sp³-hybridized carbons (Fsp3) is 0.0800. The molecule has 162 valence electrons. The van der Waals surface area contributed by atoms with E-state index >= 15 is 0 Å². The average Bonchev–Trinajstić information content (AvgIpc) is 2.82. The summed E-state index contributed by atoms with van der Waals surface area (Å²) in [6.45, 7) is 1.86. The highest BCUT2D eigenvalue weighted by Crippen LogP contribution is 2.14. The maximum Gasteiger partial charge on any atom is 0.269 e. The van der Waals surface area contributed by atoms with Gasteiger partial charge in [-0.25, -0.2) is 0 Å². The summed E-state index contributed by atoms with van der Waals surface area (Å²) in [6, 6.07) is 20.8. The Balaban J connectivity index is 1.50. The van der Waals surface area contributed by atoms with Gasteiger partial charge in [0.2, 0.25) is 0 Å². The number of hydrogen-bond donors (Lipinski definition) is 3. The van der Waals surface area contributed by atoms with Gasteiger partial charge >= 0.3 is 0 Å². The van der Waals surface area contributed by atoms with Crippen LogP contribution in [-0.4, -0.2) is 24.8 Å². The molecule has 0 radical (unpaired) electrons. The normalized spacial score (nSPS) is 10.4. The lowest BCUT2D eigenvalue weighted by Crippen LogP contribution is -2.40. The Kier molecular flexibility index (Phi) is 7.37. The van der Waals surface area contributed by atoms with Gasteiger partial charge in [0.05, 0.1) is 7.11 Å². The van der Waals surface area contributed by atoms with E-state index in [-0.39, 0.29) is 5.91 Å². The number of anilines is 1. The van der Waals surface area contributed by atoms with Gasteiger partial charge in [0.15, 0.2) is 0 Å². The van der Waals surface area contributed by atoms with E-state index in [0.717, 1.165) is 16.9 Å². The summed E-state index contributed by atoms with van der Waals surface area (Å²) in [7, 11) is 1.58. The zero-order chi connectivity index (χ0) is 22.9. The van der Waals surface area contributed by atoms with Crippen LogP contribution in [0.25, 0.3) is 6.08 Å². The van der Waals surface area contributed by atoms with Crippen LogP contribution in [0.4, 0.5) is 5.69 Å². The Morgan fingerprint density at radius 3 is 2.16 bits per heavy atom. The number of methoxy groups -OCH3 is 1. The van der Waals surface area contributed by atoms with Crippen LogP contribution >= 0.6 is 0 Å². The molecule has 3 aromatic rings. The molecule has 3 amide bonds. The van der Waals surface area contributed by atoms with Crippen LogP contribution in [0.1, 0.15) is 31.8 Å². The van der Waals surface area contributed by atoms with Gasteiger partial charge in [0.1, 0.15) is 5.75 Å². The molecule has 0 atom stereocenters. The molecule has 0 fully saturated rings. The second-order valence-electron chi connectivity index (χ2n) is 6.90. The second kappa shape index (κ2) is 10.6. The number of nitrogens with one attached hydrogen (secondary N) is 3. The van der Waals surface area contributed by atoms with Crippen LogP contribution in [0.5, 0.6) is 5.75 Å². The number of carbonyl (C=O) groups excluding carboxylic acids is 3. The number of benzene rings is 3. The molecule has 0 aliphatic rings. The summed E-state index contributed by atoms with van der Waals surface area (Å²) in [6.07, 6.45) is 2.93. The lowest BCUT2D eigenvalue weighted by Gasteiger charge is -2.09. The molecule has 0 aliphatic carbocycles. The number of hydrazine groups is 1. The maximum absolute atomic E-state index is 12.4. The van der Waals surface area contributed by atoms with Gasteiger partial charge in [0, 0.05) is 22.9 Å². The second-order valence-corrected chi connectivity index (χ2v) is 6.90. The van der Waals surface area contributed by atoms with Crippen LogP contribution < -0.4 is 20.9 Å². The van der Waals surface area contributed by atoms with Crippen molar-refractivity contribution < 1.29 is 19.1 Å². The Bertz CT molecular complexity index is 1140. The Hall–Kier alpha value is -4.39. The van der Waals surface area contributed by atoms with Crippen molar-refractivity contribution in [3.05, 3.63) is 101 Å². The van der Waals surface area contributed by atoms with E-state index in [1.807, 2.05) is 19.1 Å².